The van der Waals surface area contributed by atoms with Crippen LogP contribution in [-0.2, 0) is 4.79 Å². The minimum atomic E-state index is 0.229. The number of ether oxygens (including phenoxy) is 1. The van der Waals surface area contributed by atoms with Crippen LogP contribution in [0.5, 0.6) is 5.75 Å². The quantitative estimate of drug-likeness (QED) is 0.629. The maximum absolute atomic E-state index is 11.8. The fraction of sp³-hybridized carbons (Fsp3) is 0.417. The van der Waals surface area contributed by atoms with Crippen molar-refractivity contribution in [1.29, 1.82) is 0 Å². The third-order valence-corrected chi connectivity index (χ3v) is 3.87. The summed E-state index contributed by atoms with van der Waals surface area (Å²) >= 11 is 2.34. The van der Waals surface area contributed by atoms with Gasteiger partial charge in [-0.3, -0.25) is 4.79 Å². The van der Waals surface area contributed by atoms with E-state index in [1.54, 1.807) is 7.11 Å². The Morgan fingerprint density at radius 2 is 2.12 bits per heavy atom. The lowest BCUT2D eigenvalue weighted by molar-refractivity contribution is -0.117. The molecule has 1 aromatic rings. The fourth-order valence-corrected chi connectivity index (χ4v) is 2.82. The summed E-state index contributed by atoms with van der Waals surface area (Å²) in [4.78, 5) is 13.7. The number of halogens is 1. The van der Waals surface area contributed by atoms with Gasteiger partial charge in [-0.15, -0.1) is 0 Å². The number of carbonyl (C=O) groups is 1. The largest absolute Gasteiger partial charge is 0.497 e. The first kappa shape index (κ1) is 11.7. The highest BCUT2D eigenvalue weighted by molar-refractivity contribution is 14.1. The van der Waals surface area contributed by atoms with Crippen LogP contribution < -0.4 is 9.64 Å². The SMILES string of the molecule is COc1ccc(N2C(=O)CCC2CI)cc1. The lowest BCUT2D eigenvalue weighted by atomic mass is 10.2. The third kappa shape index (κ3) is 2.16. The van der Waals surface area contributed by atoms with Crippen LogP contribution in [0.15, 0.2) is 24.3 Å². The number of carbonyl (C=O) groups excluding carboxylic acids is 1. The van der Waals surface area contributed by atoms with Crippen molar-refractivity contribution in [2.75, 3.05) is 16.4 Å². The number of benzene rings is 1. The van der Waals surface area contributed by atoms with Gasteiger partial charge in [0.25, 0.3) is 0 Å². The second kappa shape index (κ2) is 5.03. The van der Waals surface area contributed by atoms with Crippen LogP contribution in [-0.4, -0.2) is 23.5 Å². The van der Waals surface area contributed by atoms with Crippen molar-refractivity contribution >= 4 is 34.2 Å². The Labute approximate surface area is 109 Å². The van der Waals surface area contributed by atoms with Gasteiger partial charge in [-0.25, -0.2) is 0 Å². The van der Waals surface area contributed by atoms with E-state index in [4.69, 9.17) is 4.74 Å². The van der Waals surface area contributed by atoms with Gasteiger partial charge >= 0.3 is 0 Å². The summed E-state index contributed by atoms with van der Waals surface area (Å²) in [6.07, 6.45) is 1.63. The van der Waals surface area contributed by atoms with Crippen molar-refractivity contribution in [1.82, 2.24) is 0 Å². The summed E-state index contributed by atoms with van der Waals surface area (Å²) in [5.41, 5.74) is 0.977. The van der Waals surface area contributed by atoms with Crippen molar-refractivity contribution in [2.24, 2.45) is 0 Å². The van der Waals surface area contributed by atoms with E-state index in [0.29, 0.717) is 12.5 Å². The van der Waals surface area contributed by atoms with E-state index in [1.165, 1.54) is 0 Å². The van der Waals surface area contributed by atoms with E-state index in [2.05, 4.69) is 22.6 Å². The van der Waals surface area contributed by atoms with E-state index in [1.807, 2.05) is 29.2 Å². The summed E-state index contributed by atoms with van der Waals surface area (Å²) in [5, 5.41) is 0. The first-order valence-corrected chi connectivity index (χ1v) is 6.81. The van der Waals surface area contributed by atoms with Gasteiger partial charge in [0.15, 0.2) is 0 Å². The standard InChI is InChI=1S/C12H14INO2/c1-16-11-5-2-9(3-6-11)14-10(8-13)4-7-12(14)15/h2-3,5-6,10H,4,7-8H2,1H3. The molecule has 1 atom stereocenters. The number of methoxy groups -OCH3 is 1. The highest BCUT2D eigenvalue weighted by Crippen LogP contribution is 2.28. The minimum Gasteiger partial charge on any atom is -0.497 e. The molecule has 1 saturated heterocycles. The van der Waals surface area contributed by atoms with Gasteiger partial charge in [0, 0.05) is 22.6 Å². The Balaban J connectivity index is 2.24. The number of rotatable bonds is 3. The molecule has 1 amide bonds. The van der Waals surface area contributed by atoms with Crippen LogP contribution in [0, 0.1) is 0 Å². The normalized spacial score (nSPS) is 20.2. The average molecular weight is 331 g/mol. The third-order valence-electron chi connectivity index (χ3n) is 2.85. The molecule has 4 heteroatoms. The van der Waals surface area contributed by atoms with Gasteiger partial charge in [0.2, 0.25) is 5.91 Å². The predicted octanol–water partition coefficient (Wildman–Crippen LogP) is 2.63. The Kier molecular flexibility index (Phi) is 3.68. The molecule has 0 aromatic heterocycles. The lowest BCUT2D eigenvalue weighted by Gasteiger charge is -2.23. The number of hydrogen-bond donors (Lipinski definition) is 0. The van der Waals surface area contributed by atoms with Crippen molar-refractivity contribution in [2.45, 2.75) is 18.9 Å². The van der Waals surface area contributed by atoms with E-state index in [9.17, 15) is 4.79 Å². The molecule has 0 spiro atoms. The second-order valence-electron chi connectivity index (χ2n) is 3.81. The van der Waals surface area contributed by atoms with Gasteiger partial charge < -0.3 is 9.64 Å². The zero-order chi connectivity index (χ0) is 11.5. The molecule has 0 bridgehead atoms. The first-order valence-electron chi connectivity index (χ1n) is 5.28. The van der Waals surface area contributed by atoms with Crippen molar-refractivity contribution < 1.29 is 9.53 Å². The van der Waals surface area contributed by atoms with Crippen LogP contribution in [0.1, 0.15) is 12.8 Å². The van der Waals surface area contributed by atoms with E-state index < -0.39 is 0 Å². The Morgan fingerprint density at radius 1 is 1.44 bits per heavy atom. The summed E-state index contributed by atoms with van der Waals surface area (Å²) < 4.78 is 6.09. The Hall–Kier alpha value is -0.780. The maximum Gasteiger partial charge on any atom is 0.227 e. The van der Waals surface area contributed by atoms with Crippen LogP contribution in [0.25, 0.3) is 0 Å². The molecule has 0 aliphatic carbocycles. The van der Waals surface area contributed by atoms with Gasteiger partial charge in [-0.1, -0.05) is 22.6 Å². The number of nitrogens with zero attached hydrogens (tertiary/aromatic N) is 1. The zero-order valence-electron chi connectivity index (χ0n) is 9.15. The minimum absolute atomic E-state index is 0.229. The molecule has 1 unspecified atom stereocenters. The molecule has 3 nitrogen and oxygen atoms in total. The van der Waals surface area contributed by atoms with Crippen LogP contribution in [0.2, 0.25) is 0 Å². The molecular formula is C12H14INO2. The Bertz CT molecular complexity index is 377. The molecule has 1 aromatic carbocycles. The van der Waals surface area contributed by atoms with Crippen LogP contribution in [0.4, 0.5) is 5.69 Å². The molecule has 0 saturated carbocycles. The topological polar surface area (TPSA) is 29.5 Å². The van der Waals surface area contributed by atoms with Crippen molar-refractivity contribution in [3.63, 3.8) is 0 Å². The highest BCUT2D eigenvalue weighted by atomic mass is 127. The monoisotopic (exact) mass is 331 g/mol. The van der Waals surface area contributed by atoms with E-state index >= 15 is 0 Å². The lowest BCUT2D eigenvalue weighted by Crippen LogP contribution is -2.33. The smallest absolute Gasteiger partial charge is 0.227 e. The maximum atomic E-state index is 11.8. The fourth-order valence-electron chi connectivity index (χ4n) is 1.99. The molecule has 0 radical (unpaired) electrons. The number of alkyl halides is 1. The first-order chi connectivity index (χ1) is 7.76. The molecule has 16 heavy (non-hydrogen) atoms. The zero-order valence-corrected chi connectivity index (χ0v) is 11.3. The summed E-state index contributed by atoms with van der Waals surface area (Å²) in [6.45, 7) is 0. The molecule has 1 aliphatic heterocycles. The van der Waals surface area contributed by atoms with Gasteiger partial charge in [-0.05, 0) is 30.7 Å². The number of anilines is 1. The number of amides is 1. The van der Waals surface area contributed by atoms with Gasteiger partial charge in [-0.2, -0.15) is 0 Å². The molecule has 2 rings (SSSR count). The van der Waals surface area contributed by atoms with Crippen LogP contribution in [0.3, 0.4) is 0 Å². The highest BCUT2D eigenvalue weighted by Gasteiger charge is 2.30. The molecule has 0 N–H and O–H groups in total. The molecule has 1 aliphatic rings. The second-order valence-corrected chi connectivity index (χ2v) is 4.69. The average Bonchev–Trinajstić information content (AvgIpc) is 2.70. The van der Waals surface area contributed by atoms with E-state index in [0.717, 1.165) is 22.3 Å². The summed E-state index contributed by atoms with van der Waals surface area (Å²) in [5.74, 6) is 1.05. The summed E-state index contributed by atoms with van der Waals surface area (Å²) in [6, 6.07) is 8.03. The molecular weight excluding hydrogens is 317 g/mol. The van der Waals surface area contributed by atoms with E-state index in [-0.39, 0.29) is 5.91 Å². The van der Waals surface area contributed by atoms with Gasteiger partial charge in [0.05, 0.1) is 7.11 Å². The van der Waals surface area contributed by atoms with Crippen LogP contribution >= 0.6 is 22.6 Å². The molecule has 1 fully saturated rings. The molecule has 1 heterocycles. The number of hydrogen-bond acceptors (Lipinski definition) is 2. The summed E-state index contributed by atoms with van der Waals surface area (Å²) in [7, 11) is 1.64. The van der Waals surface area contributed by atoms with Gasteiger partial charge in [0.1, 0.15) is 5.75 Å². The molecule has 86 valence electrons. The van der Waals surface area contributed by atoms with Crippen molar-refractivity contribution in [3.8, 4) is 5.75 Å². The Morgan fingerprint density at radius 3 is 2.69 bits per heavy atom. The van der Waals surface area contributed by atoms with Crippen molar-refractivity contribution in [3.05, 3.63) is 24.3 Å². The predicted molar refractivity (Wildman–Crippen MR) is 72.4 cm³/mol.